The Morgan fingerprint density at radius 3 is 2.83 bits per heavy atom. The first kappa shape index (κ1) is 14.4. The van der Waals surface area contributed by atoms with E-state index in [2.05, 4.69) is 25.7 Å². The van der Waals surface area contributed by atoms with Crippen LogP contribution in [0.25, 0.3) is 0 Å². The van der Waals surface area contributed by atoms with E-state index in [0.717, 1.165) is 24.5 Å². The molecule has 7 nitrogen and oxygen atoms in total. The topological polar surface area (TPSA) is 93.7 Å². The highest BCUT2D eigenvalue weighted by molar-refractivity contribution is 5.56. The molecule has 2 aliphatic carbocycles. The van der Waals surface area contributed by atoms with E-state index in [1.54, 1.807) is 0 Å². The summed E-state index contributed by atoms with van der Waals surface area (Å²) in [5, 5.41) is 11.0. The van der Waals surface area contributed by atoms with Crippen molar-refractivity contribution in [1.29, 1.82) is 0 Å². The molecule has 2 heterocycles. The fourth-order valence-electron chi connectivity index (χ4n) is 2.67. The third kappa shape index (κ3) is 3.44. The van der Waals surface area contributed by atoms with Gasteiger partial charge in [-0.25, -0.2) is 4.98 Å². The number of aromatic nitrogens is 4. The van der Waals surface area contributed by atoms with E-state index in [1.807, 2.05) is 23.3 Å². The number of nitrogens with zero attached hydrogens (tertiary/aromatic N) is 4. The zero-order chi connectivity index (χ0) is 15.6. The Kier molecular flexibility index (Phi) is 3.87. The van der Waals surface area contributed by atoms with Crippen LogP contribution in [0, 0.1) is 0 Å². The van der Waals surface area contributed by atoms with Crippen molar-refractivity contribution < 1.29 is 0 Å². The maximum absolute atomic E-state index is 5.57. The second-order valence-electron chi connectivity index (χ2n) is 6.41. The lowest BCUT2D eigenvalue weighted by Crippen LogP contribution is -2.12. The number of rotatable bonds is 8. The molecule has 4 rings (SSSR count). The summed E-state index contributed by atoms with van der Waals surface area (Å²) >= 11 is 0. The molecule has 0 saturated heterocycles. The predicted octanol–water partition coefficient (Wildman–Crippen LogP) is 2.39. The SMILES string of the molecule is NCCCNc1nc(Nc2cnn(C3CC3)c2)ncc1C1CC1. The average molecular weight is 313 g/mol. The molecule has 2 saturated carbocycles. The monoisotopic (exact) mass is 313 g/mol. The van der Waals surface area contributed by atoms with Gasteiger partial charge in [0.2, 0.25) is 5.95 Å². The summed E-state index contributed by atoms with van der Waals surface area (Å²) < 4.78 is 2.02. The minimum atomic E-state index is 0.581. The predicted molar refractivity (Wildman–Crippen MR) is 89.9 cm³/mol. The van der Waals surface area contributed by atoms with Gasteiger partial charge in [0.1, 0.15) is 5.82 Å². The zero-order valence-corrected chi connectivity index (χ0v) is 13.2. The highest BCUT2D eigenvalue weighted by Crippen LogP contribution is 2.42. The van der Waals surface area contributed by atoms with Gasteiger partial charge in [-0.05, 0) is 44.6 Å². The van der Waals surface area contributed by atoms with Gasteiger partial charge in [-0.1, -0.05) is 0 Å². The second kappa shape index (κ2) is 6.16. The second-order valence-corrected chi connectivity index (χ2v) is 6.41. The van der Waals surface area contributed by atoms with E-state index < -0.39 is 0 Å². The standard InChI is InChI=1S/C16H23N7/c17-6-1-7-18-15-14(11-2-3-11)9-19-16(22-15)21-12-8-20-23(10-12)13-4-5-13/h8-11,13H,1-7,17H2,(H2,18,19,21,22). The summed E-state index contributed by atoms with van der Waals surface area (Å²) in [6.07, 6.45) is 11.7. The molecule has 0 bridgehead atoms. The van der Waals surface area contributed by atoms with Crippen molar-refractivity contribution in [3.05, 3.63) is 24.2 Å². The largest absolute Gasteiger partial charge is 0.370 e. The third-order valence-corrected chi connectivity index (χ3v) is 4.29. The van der Waals surface area contributed by atoms with Crippen molar-refractivity contribution >= 4 is 17.5 Å². The van der Waals surface area contributed by atoms with E-state index in [9.17, 15) is 0 Å². The Bertz CT molecular complexity index is 673. The van der Waals surface area contributed by atoms with Crippen LogP contribution in [-0.4, -0.2) is 32.8 Å². The van der Waals surface area contributed by atoms with Gasteiger partial charge >= 0.3 is 0 Å². The highest BCUT2D eigenvalue weighted by atomic mass is 15.3. The molecule has 0 unspecified atom stereocenters. The number of anilines is 3. The summed E-state index contributed by atoms with van der Waals surface area (Å²) in [6, 6.07) is 0.581. The zero-order valence-electron chi connectivity index (χ0n) is 13.2. The lowest BCUT2D eigenvalue weighted by Gasteiger charge is -2.11. The maximum Gasteiger partial charge on any atom is 0.229 e. The molecule has 4 N–H and O–H groups in total. The quantitative estimate of drug-likeness (QED) is 0.648. The molecule has 2 aliphatic rings. The lowest BCUT2D eigenvalue weighted by molar-refractivity contribution is 0.642. The smallest absolute Gasteiger partial charge is 0.229 e. The van der Waals surface area contributed by atoms with Crippen LogP contribution in [0.4, 0.5) is 17.5 Å². The third-order valence-electron chi connectivity index (χ3n) is 4.29. The summed E-state index contributed by atoms with van der Waals surface area (Å²) in [6.45, 7) is 1.52. The van der Waals surface area contributed by atoms with Crippen molar-refractivity contribution in [3.63, 3.8) is 0 Å². The Hall–Kier alpha value is -2.15. The van der Waals surface area contributed by atoms with Crippen LogP contribution in [0.3, 0.4) is 0 Å². The van der Waals surface area contributed by atoms with Gasteiger partial charge in [0.05, 0.1) is 17.9 Å². The van der Waals surface area contributed by atoms with Gasteiger partial charge in [-0.3, -0.25) is 4.68 Å². The van der Waals surface area contributed by atoms with Crippen molar-refractivity contribution in [2.75, 3.05) is 23.7 Å². The Morgan fingerprint density at radius 2 is 2.09 bits per heavy atom. The maximum atomic E-state index is 5.57. The normalized spacial score (nSPS) is 17.3. The van der Waals surface area contributed by atoms with Gasteiger partial charge in [-0.15, -0.1) is 0 Å². The van der Waals surface area contributed by atoms with E-state index in [1.165, 1.54) is 31.2 Å². The van der Waals surface area contributed by atoms with Crippen LogP contribution in [0.15, 0.2) is 18.6 Å². The molecule has 0 atom stereocenters. The van der Waals surface area contributed by atoms with Crippen LogP contribution in [0.5, 0.6) is 0 Å². The molecule has 0 aliphatic heterocycles. The number of hydrogen-bond acceptors (Lipinski definition) is 6. The van der Waals surface area contributed by atoms with Crippen LogP contribution < -0.4 is 16.4 Å². The summed E-state index contributed by atoms with van der Waals surface area (Å²) in [5.74, 6) is 2.16. The van der Waals surface area contributed by atoms with Crippen molar-refractivity contribution in [3.8, 4) is 0 Å². The number of nitrogens with one attached hydrogen (secondary N) is 2. The van der Waals surface area contributed by atoms with Crippen LogP contribution >= 0.6 is 0 Å². The molecule has 0 amide bonds. The Balaban J connectivity index is 1.49. The molecule has 2 aromatic heterocycles. The van der Waals surface area contributed by atoms with Gasteiger partial charge in [0.25, 0.3) is 0 Å². The average Bonchev–Trinajstić information content (AvgIpc) is 3.47. The molecule has 2 fully saturated rings. The fourth-order valence-corrected chi connectivity index (χ4v) is 2.67. The highest BCUT2D eigenvalue weighted by Gasteiger charge is 2.28. The summed E-state index contributed by atoms with van der Waals surface area (Å²) in [7, 11) is 0. The van der Waals surface area contributed by atoms with E-state index in [-0.39, 0.29) is 0 Å². The molecular formula is C16H23N7. The molecule has 0 aromatic carbocycles. The minimum Gasteiger partial charge on any atom is -0.370 e. The van der Waals surface area contributed by atoms with Crippen molar-refractivity contribution in [1.82, 2.24) is 19.7 Å². The molecule has 0 radical (unpaired) electrons. The van der Waals surface area contributed by atoms with Crippen molar-refractivity contribution in [2.24, 2.45) is 5.73 Å². The molecular weight excluding hydrogens is 290 g/mol. The number of nitrogens with two attached hydrogens (primary N) is 1. The van der Waals surface area contributed by atoms with E-state index >= 15 is 0 Å². The first-order valence-electron chi connectivity index (χ1n) is 8.45. The Morgan fingerprint density at radius 1 is 1.22 bits per heavy atom. The first-order chi connectivity index (χ1) is 11.3. The van der Waals surface area contributed by atoms with E-state index in [4.69, 9.17) is 5.73 Å². The summed E-state index contributed by atoms with van der Waals surface area (Å²) in [5.41, 5.74) is 7.73. The lowest BCUT2D eigenvalue weighted by atomic mass is 10.2. The minimum absolute atomic E-state index is 0.581. The van der Waals surface area contributed by atoms with Crippen molar-refractivity contribution in [2.45, 2.75) is 44.1 Å². The van der Waals surface area contributed by atoms with Gasteiger partial charge in [0, 0.05) is 24.5 Å². The molecule has 0 spiro atoms. The number of hydrogen-bond donors (Lipinski definition) is 3. The first-order valence-corrected chi connectivity index (χ1v) is 8.45. The van der Waals surface area contributed by atoms with Crippen LogP contribution in [-0.2, 0) is 0 Å². The van der Waals surface area contributed by atoms with E-state index in [0.29, 0.717) is 24.5 Å². The van der Waals surface area contributed by atoms with Crippen LogP contribution in [0.2, 0.25) is 0 Å². The molecule has 2 aromatic rings. The molecule has 7 heteroatoms. The van der Waals surface area contributed by atoms with Gasteiger partial charge in [-0.2, -0.15) is 10.1 Å². The Labute approximate surface area is 135 Å². The van der Waals surface area contributed by atoms with Gasteiger partial charge in [0.15, 0.2) is 0 Å². The van der Waals surface area contributed by atoms with Gasteiger partial charge < -0.3 is 16.4 Å². The molecule has 122 valence electrons. The molecule has 23 heavy (non-hydrogen) atoms. The summed E-state index contributed by atoms with van der Waals surface area (Å²) in [4.78, 5) is 9.13. The fraction of sp³-hybridized carbons (Fsp3) is 0.562. The van der Waals surface area contributed by atoms with Crippen LogP contribution in [0.1, 0.15) is 49.6 Å².